The fourth-order valence-electron chi connectivity index (χ4n) is 3.55. The molecule has 1 heterocycles. The quantitative estimate of drug-likeness (QED) is 0.788. The molecule has 0 radical (unpaired) electrons. The van der Waals surface area contributed by atoms with Gasteiger partial charge in [0.1, 0.15) is 0 Å². The molecule has 0 spiro atoms. The Morgan fingerprint density at radius 3 is 2.56 bits per heavy atom. The number of hydrogen-bond donors (Lipinski definition) is 1. The molecule has 3 rings (SSSR count). The van der Waals surface area contributed by atoms with E-state index in [4.69, 9.17) is 5.73 Å². The van der Waals surface area contributed by atoms with Crippen LogP contribution in [0.2, 0.25) is 0 Å². The molecule has 0 aliphatic carbocycles. The monoisotopic (exact) mass is 387 g/mol. The van der Waals surface area contributed by atoms with Gasteiger partial charge in [0.25, 0.3) is 0 Å². The Bertz CT molecular complexity index is 913. The first-order valence-electron chi connectivity index (χ1n) is 9.02. The van der Waals surface area contributed by atoms with Gasteiger partial charge in [-0.1, -0.05) is 36.4 Å². The molecule has 0 aromatic heterocycles. The van der Waals surface area contributed by atoms with Gasteiger partial charge in [-0.05, 0) is 36.1 Å². The average Bonchev–Trinajstić information content (AvgIpc) is 2.64. The van der Waals surface area contributed by atoms with Crippen molar-refractivity contribution in [3.05, 3.63) is 65.2 Å². The third-order valence-corrected chi connectivity index (χ3v) is 6.15. The molecule has 0 bridgehead atoms. The van der Waals surface area contributed by atoms with Gasteiger partial charge in [-0.2, -0.15) is 4.31 Å². The fourth-order valence-corrected chi connectivity index (χ4v) is 4.34. The lowest BCUT2D eigenvalue weighted by atomic mass is 9.96. The van der Waals surface area contributed by atoms with Gasteiger partial charge in [-0.15, -0.1) is 0 Å². The largest absolute Gasteiger partial charge is 0.370 e. The first-order chi connectivity index (χ1) is 12.9. The van der Waals surface area contributed by atoms with Crippen LogP contribution in [0.4, 0.5) is 5.69 Å². The molecule has 144 valence electrons. The van der Waals surface area contributed by atoms with Crippen LogP contribution < -0.4 is 10.6 Å². The number of nitrogens with zero attached hydrogens (tertiary/aromatic N) is 2. The Hall–Kier alpha value is -2.38. The lowest BCUT2D eigenvalue weighted by Gasteiger charge is -2.33. The predicted molar refractivity (Wildman–Crippen MR) is 107 cm³/mol. The molecule has 1 aliphatic heterocycles. The van der Waals surface area contributed by atoms with Crippen LogP contribution in [0.1, 0.15) is 27.9 Å². The van der Waals surface area contributed by atoms with E-state index in [1.807, 2.05) is 42.5 Å². The second-order valence-corrected chi connectivity index (χ2v) is 8.82. The number of nitrogens with two attached hydrogens (primary N) is 1. The van der Waals surface area contributed by atoms with E-state index in [2.05, 4.69) is 4.90 Å². The van der Waals surface area contributed by atoms with E-state index < -0.39 is 15.9 Å². The van der Waals surface area contributed by atoms with Crippen LogP contribution in [0.5, 0.6) is 0 Å². The number of fused-ring (bicyclic) bond motifs is 1. The topological polar surface area (TPSA) is 83.7 Å². The minimum atomic E-state index is -3.33. The van der Waals surface area contributed by atoms with Gasteiger partial charge in [0.15, 0.2) is 0 Å². The highest BCUT2D eigenvalue weighted by Gasteiger charge is 2.23. The predicted octanol–water partition coefficient (Wildman–Crippen LogP) is 2.00. The number of rotatable bonds is 7. The number of sulfonamides is 1. The first-order valence-corrected chi connectivity index (χ1v) is 10.9. The standard InChI is InChI=1S/C20H25N3O3S/c1-27(25,26)23(15-16-7-3-2-4-8-16)14-13-22-12-6-10-17-18(20(21)24)9-5-11-19(17)22/h2-5,7-9,11H,6,10,12-15H2,1H3,(H2,21,24). The van der Waals surface area contributed by atoms with Gasteiger partial charge in [-0.3, -0.25) is 4.79 Å². The van der Waals surface area contributed by atoms with Crippen molar-refractivity contribution in [3.8, 4) is 0 Å². The molecule has 0 saturated heterocycles. The third-order valence-electron chi connectivity index (χ3n) is 4.90. The Kier molecular flexibility index (Phi) is 5.82. The highest BCUT2D eigenvalue weighted by atomic mass is 32.2. The lowest BCUT2D eigenvalue weighted by Crippen LogP contribution is -2.40. The number of benzene rings is 2. The average molecular weight is 388 g/mol. The zero-order valence-corrected chi connectivity index (χ0v) is 16.3. The van der Waals surface area contributed by atoms with Gasteiger partial charge >= 0.3 is 0 Å². The minimum Gasteiger partial charge on any atom is -0.370 e. The molecule has 27 heavy (non-hydrogen) atoms. The van der Waals surface area contributed by atoms with Crippen LogP contribution in [-0.2, 0) is 23.0 Å². The van der Waals surface area contributed by atoms with E-state index in [9.17, 15) is 13.2 Å². The zero-order chi connectivity index (χ0) is 19.4. The van der Waals surface area contributed by atoms with Crippen LogP contribution in [0.25, 0.3) is 0 Å². The Morgan fingerprint density at radius 1 is 1.15 bits per heavy atom. The summed E-state index contributed by atoms with van der Waals surface area (Å²) in [7, 11) is -3.33. The molecular formula is C20H25N3O3S. The summed E-state index contributed by atoms with van der Waals surface area (Å²) in [6.45, 7) is 2.13. The molecule has 6 nitrogen and oxygen atoms in total. The van der Waals surface area contributed by atoms with Gasteiger partial charge in [0.05, 0.1) is 6.26 Å². The van der Waals surface area contributed by atoms with Crippen molar-refractivity contribution in [1.29, 1.82) is 0 Å². The number of hydrogen-bond acceptors (Lipinski definition) is 4. The molecule has 2 aromatic carbocycles. The van der Waals surface area contributed by atoms with Crippen LogP contribution in [0.15, 0.2) is 48.5 Å². The molecule has 0 atom stereocenters. The fraction of sp³-hybridized carbons (Fsp3) is 0.350. The van der Waals surface area contributed by atoms with Crippen molar-refractivity contribution in [2.24, 2.45) is 5.73 Å². The molecule has 1 aliphatic rings. The maximum atomic E-state index is 12.2. The molecular weight excluding hydrogens is 362 g/mol. The van der Waals surface area contributed by atoms with Crippen LogP contribution in [-0.4, -0.2) is 44.5 Å². The maximum Gasteiger partial charge on any atom is 0.249 e. The normalized spacial score (nSPS) is 14.2. The number of amides is 1. The summed E-state index contributed by atoms with van der Waals surface area (Å²) in [4.78, 5) is 13.8. The van der Waals surface area contributed by atoms with Crippen molar-refractivity contribution in [1.82, 2.24) is 4.31 Å². The van der Waals surface area contributed by atoms with Crippen molar-refractivity contribution in [2.75, 3.05) is 30.8 Å². The maximum absolute atomic E-state index is 12.2. The van der Waals surface area contributed by atoms with E-state index in [-0.39, 0.29) is 0 Å². The second-order valence-electron chi connectivity index (χ2n) is 6.84. The number of carbonyl (C=O) groups excluding carboxylic acids is 1. The van der Waals surface area contributed by atoms with Crippen LogP contribution in [0.3, 0.4) is 0 Å². The van der Waals surface area contributed by atoms with E-state index in [0.29, 0.717) is 25.2 Å². The van der Waals surface area contributed by atoms with E-state index >= 15 is 0 Å². The van der Waals surface area contributed by atoms with E-state index in [0.717, 1.165) is 36.2 Å². The van der Waals surface area contributed by atoms with Gasteiger partial charge in [0.2, 0.25) is 15.9 Å². The summed E-state index contributed by atoms with van der Waals surface area (Å²) in [5.41, 5.74) is 8.96. The lowest BCUT2D eigenvalue weighted by molar-refractivity contribution is 0.0999. The third kappa shape index (κ3) is 4.67. The highest BCUT2D eigenvalue weighted by molar-refractivity contribution is 7.88. The number of carbonyl (C=O) groups is 1. The summed E-state index contributed by atoms with van der Waals surface area (Å²) in [6, 6.07) is 15.1. The van der Waals surface area contributed by atoms with Crippen LogP contribution >= 0.6 is 0 Å². The molecule has 1 amide bonds. The van der Waals surface area contributed by atoms with E-state index in [1.165, 1.54) is 10.6 Å². The zero-order valence-electron chi connectivity index (χ0n) is 15.5. The van der Waals surface area contributed by atoms with Crippen molar-refractivity contribution < 1.29 is 13.2 Å². The number of primary amides is 1. The van der Waals surface area contributed by atoms with Crippen molar-refractivity contribution >= 4 is 21.6 Å². The molecule has 2 N–H and O–H groups in total. The Morgan fingerprint density at radius 2 is 1.89 bits per heavy atom. The molecule has 0 unspecified atom stereocenters. The van der Waals surface area contributed by atoms with Gasteiger partial charge in [-0.25, -0.2) is 8.42 Å². The molecule has 7 heteroatoms. The molecule has 0 fully saturated rings. The first kappa shape index (κ1) is 19.4. The number of anilines is 1. The summed E-state index contributed by atoms with van der Waals surface area (Å²) in [5, 5.41) is 0. The SMILES string of the molecule is CS(=O)(=O)N(CCN1CCCc2c(C(N)=O)cccc21)Cc1ccccc1. The Labute approximate surface area is 160 Å². The summed E-state index contributed by atoms with van der Waals surface area (Å²) < 4.78 is 26.0. The summed E-state index contributed by atoms with van der Waals surface area (Å²) in [5.74, 6) is -0.421. The minimum absolute atomic E-state index is 0.349. The summed E-state index contributed by atoms with van der Waals surface area (Å²) >= 11 is 0. The van der Waals surface area contributed by atoms with E-state index in [1.54, 1.807) is 6.07 Å². The van der Waals surface area contributed by atoms with Gasteiger partial charge < -0.3 is 10.6 Å². The van der Waals surface area contributed by atoms with Crippen molar-refractivity contribution in [2.45, 2.75) is 19.4 Å². The van der Waals surface area contributed by atoms with Crippen molar-refractivity contribution in [3.63, 3.8) is 0 Å². The molecule has 0 saturated carbocycles. The smallest absolute Gasteiger partial charge is 0.249 e. The highest BCUT2D eigenvalue weighted by Crippen LogP contribution is 2.29. The second kappa shape index (κ2) is 8.10. The summed E-state index contributed by atoms with van der Waals surface area (Å²) in [6.07, 6.45) is 2.96. The Balaban J connectivity index is 1.77. The van der Waals surface area contributed by atoms with Crippen LogP contribution in [0, 0.1) is 0 Å². The van der Waals surface area contributed by atoms with Gasteiger partial charge in [0, 0.05) is 37.4 Å². The molecule has 2 aromatic rings.